The Morgan fingerprint density at radius 3 is 3.19 bits per heavy atom. The summed E-state index contributed by atoms with van der Waals surface area (Å²) >= 11 is 0. The minimum absolute atomic E-state index is 0.207. The molecule has 1 aromatic carbocycles. The first-order valence-electron chi connectivity index (χ1n) is 4.89. The Balaban J connectivity index is 2.41. The number of fused-ring (bicyclic) bond motifs is 1. The zero-order valence-electron chi connectivity index (χ0n) is 8.87. The summed E-state index contributed by atoms with van der Waals surface area (Å²) < 4.78 is 0. The van der Waals surface area contributed by atoms with Gasteiger partial charge in [-0.1, -0.05) is 17.6 Å². The lowest BCUT2D eigenvalue weighted by Crippen LogP contribution is -2.24. The van der Waals surface area contributed by atoms with Gasteiger partial charge in [-0.25, -0.2) is 0 Å². The van der Waals surface area contributed by atoms with Gasteiger partial charge >= 0.3 is 0 Å². The van der Waals surface area contributed by atoms with Crippen LogP contribution < -0.4 is 5.32 Å². The van der Waals surface area contributed by atoms with Crippen molar-refractivity contribution in [1.29, 1.82) is 0 Å². The highest BCUT2D eigenvalue weighted by Gasteiger charge is 2.12. The Kier molecular flexibility index (Phi) is 2.61. The van der Waals surface area contributed by atoms with Gasteiger partial charge in [0.25, 0.3) is 5.91 Å². The number of nitrogens with zero attached hydrogens (tertiary/aromatic N) is 1. The molecule has 1 aromatic heterocycles. The van der Waals surface area contributed by atoms with Gasteiger partial charge in [-0.3, -0.25) is 9.89 Å². The fraction of sp³-hybridized carbons (Fsp3) is 0.167. The van der Waals surface area contributed by atoms with Crippen molar-refractivity contribution < 1.29 is 4.79 Å². The molecule has 0 aliphatic heterocycles. The number of H-pyrrole nitrogens is 1. The van der Waals surface area contributed by atoms with E-state index in [2.05, 4.69) is 21.4 Å². The highest BCUT2D eigenvalue weighted by Crippen LogP contribution is 2.17. The second kappa shape index (κ2) is 4.07. The Bertz CT molecular complexity index is 577. The van der Waals surface area contributed by atoms with E-state index in [1.165, 1.54) is 0 Å². The number of hydrogen-bond donors (Lipinski definition) is 2. The van der Waals surface area contributed by atoms with E-state index in [9.17, 15) is 4.79 Å². The maximum Gasteiger partial charge on any atom is 0.273 e. The summed E-state index contributed by atoms with van der Waals surface area (Å²) in [6.07, 6.45) is 5.07. The maximum absolute atomic E-state index is 11.7. The zero-order valence-corrected chi connectivity index (χ0v) is 8.87. The van der Waals surface area contributed by atoms with Gasteiger partial charge in [0.05, 0.1) is 12.1 Å². The van der Waals surface area contributed by atoms with Crippen LogP contribution in [0.25, 0.3) is 10.9 Å². The molecule has 4 heteroatoms. The van der Waals surface area contributed by atoms with Crippen LogP contribution in [0, 0.1) is 19.3 Å². The average molecular weight is 213 g/mol. The van der Waals surface area contributed by atoms with Gasteiger partial charge in [-0.2, -0.15) is 5.10 Å². The SMILES string of the molecule is C#CCNC(=O)c1n[nH]c2ccc(C)cc12. The van der Waals surface area contributed by atoms with Crippen LogP contribution in [-0.2, 0) is 0 Å². The molecule has 0 atom stereocenters. The fourth-order valence-corrected chi connectivity index (χ4v) is 1.52. The molecular weight excluding hydrogens is 202 g/mol. The third-order valence-corrected chi connectivity index (χ3v) is 2.28. The molecule has 2 aromatic rings. The molecule has 0 aliphatic rings. The van der Waals surface area contributed by atoms with Gasteiger partial charge in [0.15, 0.2) is 5.69 Å². The minimum atomic E-state index is -0.255. The molecule has 2 rings (SSSR count). The van der Waals surface area contributed by atoms with Gasteiger partial charge in [-0.15, -0.1) is 6.42 Å². The van der Waals surface area contributed by atoms with Crippen molar-refractivity contribution in [3.63, 3.8) is 0 Å². The molecule has 0 radical (unpaired) electrons. The molecule has 1 amide bonds. The topological polar surface area (TPSA) is 57.8 Å². The third-order valence-electron chi connectivity index (χ3n) is 2.28. The van der Waals surface area contributed by atoms with E-state index in [-0.39, 0.29) is 12.5 Å². The standard InChI is InChI=1S/C12H11N3O/c1-3-6-13-12(16)11-9-7-8(2)4-5-10(9)14-15-11/h1,4-5,7H,6H2,2H3,(H,13,16)(H,14,15). The van der Waals surface area contributed by atoms with E-state index in [4.69, 9.17) is 6.42 Å². The van der Waals surface area contributed by atoms with Crippen LogP contribution in [0.5, 0.6) is 0 Å². The Morgan fingerprint density at radius 2 is 2.44 bits per heavy atom. The Labute approximate surface area is 93.0 Å². The van der Waals surface area contributed by atoms with Crippen LogP contribution in [0.1, 0.15) is 16.1 Å². The van der Waals surface area contributed by atoms with Crippen LogP contribution in [0.3, 0.4) is 0 Å². The monoisotopic (exact) mass is 213 g/mol. The van der Waals surface area contributed by atoms with E-state index >= 15 is 0 Å². The first-order valence-corrected chi connectivity index (χ1v) is 4.89. The summed E-state index contributed by atoms with van der Waals surface area (Å²) in [4.78, 5) is 11.7. The number of aromatic nitrogens is 2. The van der Waals surface area contributed by atoms with Crippen LogP contribution in [0.4, 0.5) is 0 Å². The summed E-state index contributed by atoms with van der Waals surface area (Å²) in [5.74, 6) is 2.10. The quantitative estimate of drug-likeness (QED) is 0.737. The average Bonchev–Trinajstić information content (AvgIpc) is 2.68. The molecule has 0 spiro atoms. The number of carbonyl (C=O) groups is 1. The van der Waals surface area contributed by atoms with Crippen molar-refractivity contribution >= 4 is 16.8 Å². The molecule has 4 nitrogen and oxygen atoms in total. The lowest BCUT2D eigenvalue weighted by Gasteiger charge is -1.98. The number of rotatable bonds is 2. The van der Waals surface area contributed by atoms with Crippen molar-refractivity contribution in [2.24, 2.45) is 0 Å². The molecular formula is C12H11N3O. The number of amides is 1. The van der Waals surface area contributed by atoms with Crippen LogP contribution in [-0.4, -0.2) is 22.6 Å². The number of nitrogens with one attached hydrogen (secondary N) is 2. The number of terminal acetylenes is 1. The molecule has 0 unspecified atom stereocenters. The maximum atomic E-state index is 11.7. The third kappa shape index (κ3) is 1.75. The van der Waals surface area contributed by atoms with Crippen LogP contribution in [0.15, 0.2) is 18.2 Å². The Hall–Kier alpha value is -2.28. The van der Waals surface area contributed by atoms with Gasteiger partial charge in [0.1, 0.15) is 0 Å². The van der Waals surface area contributed by atoms with Gasteiger partial charge in [0, 0.05) is 5.39 Å². The highest BCUT2D eigenvalue weighted by atomic mass is 16.1. The van der Waals surface area contributed by atoms with Crippen LogP contribution >= 0.6 is 0 Å². The summed E-state index contributed by atoms with van der Waals surface area (Å²) in [5.41, 5.74) is 2.31. The van der Waals surface area contributed by atoms with Gasteiger partial charge in [-0.05, 0) is 19.1 Å². The lowest BCUT2D eigenvalue weighted by molar-refractivity contribution is 0.0955. The van der Waals surface area contributed by atoms with Crippen molar-refractivity contribution in [3.8, 4) is 12.3 Å². The summed E-state index contributed by atoms with van der Waals surface area (Å²) in [6.45, 7) is 2.18. The van der Waals surface area contributed by atoms with E-state index in [0.717, 1.165) is 16.5 Å². The van der Waals surface area contributed by atoms with Crippen molar-refractivity contribution in [2.45, 2.75) is 6.92 Å². The molecule has 0 saturated carbocycles. The van der Waals surface area contributed by atoms with E-state index in [0.29, 0.717) is 5.69 Å². The van der Waals surface area contributed by atoms with Gasteiger partial charge < -0.3 is 5.32 Å². The van der Waals surface area contributed by atoms with Crippen LogP contribution in [0.2, 0.25) is 0 Å². The molecule has 0 fully saturated rings. The van der Waals surface area contributed by atoms with E-state index < -0.39 is 0 Å². The molecule has 16 heavy (non-hydrogen) atoms. The molecule has 0 bridgehead atoms. The normalized spacial score (nSPS) is 10.0. The molecule has 1 heterocycles. The number of hydrogen-bond acceptors (Lipinski definition) is 2. The Morgan fingerprint density at radius 1 is 1.62 bits per heavy atom. The van der Waals surface area contributed by atoms with Crippen molar-refractivity contribution in [1.82, 2.24) is 15.5 Å². The lowest BCUT2D eigenvalue weighted by atomic mass is 10.1. The van der Waals surface area contributed by atoms with E-state index in [1.54, 1.807) is 0 Å². The number of aryl methyl sites for hydroxylation is 1. The summed E-state index contributed by atoms with van der Waals surface area (Å²) in [7, 11) is 0. The largest absolute Gasteiger partial charge is 0.340 e. The molecule has 80 valence electrons. The smallest absolute Gasteiger partial charge is 0.273 e. The highest BCUT2D eigenvalue weighted by molar-refractivity contribution is 6.04. The second-order valence-electron chi connectivity index (χ2n) is 3.51. The number of aromatic amines is 1. The predicted octanol–water partition coefficient (Wildman–Crippen LogP) is 1.23. The van der Waals surface area contributed by atoms with Crippen molar-refractivity contribution in [2.75, 3.05) is 6.54 Å². The summed E-state index contributed by atoms with van der Waals surface area (Å²) in [5, 5.41) is 10.2. The second-order valence-corrected chi connectivity index (χ2v) is 3.51. The summed E-state index contributed by atoms with van der Waals surface area (Å²) in [6, 6.07) is 5.78. The first-order chi connectivity index (χ1) is 7.72. The predicted molar refractivity (Wildman–Crippen MR) is 62.0 cm³/mol. The van der Waals surface area contributed by atoms with Crippen molar-refractivity contribution in [3.05, 3.63) is 29.5 Å². The molecule has 0 saturated heterocycles. The number of benzene rings is 1. The molecule has 2 N–H and O–H groups in total. The molecule has 0 aliphatic carbocycles. The fourth-order valence-electron chi connectivity index (χ4n) is 1.52. The van der Waals surface area contributed by atoms with Gasteiger partial charge in [0.2, 0.25) is 0 Å². The zero-order chi connectivity index (χ0) is 11.5. The minimum Gasteiger partial charge on any atom is -0.340 e. The first kappa shape index (κ1) is 10.2. The van der Waals surface area contributed by atoms with E-state index in [1.807, 2.05) is 25.1 Å². The number of carbonyl (C=O) groups excluding carboxylic acids is 1.